The largest absolute Gasteiger partial charge is 0.416 e. The number of rotatable bonds is 3. The van der Waals surface area contributed by atoms with Crippen LogP contribution in [0.1, 0.15) is 5.56 Å². The second-order valence-corrected chi connectivity index (χ2v) is 8.36. The fourth-order valence-corrected chi connectivity index (χ4v) is 4.52. The van der Waals surface area contributed by atoms with Gasteiger partial charge in [0.05, 0.1) is 5.56 Å². The maximum absolute atomic E-state index is 14.0. The van der Waals surface area contributed by atoms with Gasteiger partial charge in [0.2, 0.25) is 10.0 Å². The molecule has 0 radical (unpaired) electrons. The topological polar surface area (TPSA) is 40.6 Å². The van der Waals surface area contributed by atoms with Crippen LogP contribution >= 0.6 is 11.6 Å². The summed E-state index contributed by atoms with van der Waals surface area (Å²) in [6.45, 7) is 0.437. The van der Waals surface area contributed by atoms with Crippen LogP contribution in [-0.4, -0.2) is 38.9 Å². The molecule has 0 unspecified atom stereocenters. The second-order valence-electron chi connectivity index (χ2n) is 6.01. The summed E-state index contributed by atoms with van der Waals surface area (Å²) in [7, 11) is -4.05. The quantitative estimate of drug-likeness (QED) is 0.702. The Labute approximate surface area is 159 Å². The number of nitrogens with zero attached hydrogens (tertiary/aromatic N) is 2. The smallest absolute Gasteiger partial charge is 0.369 e. The number of piperazine rings is 1. The molecular weight excluding hydrogens is 408 g/mol. The number of halogens is 5. The fourth-order valence-electron chi connectivity index (χ4n) is 2.89. The van der Waals surface area contributed by atoms with Gasteiger partial charge in [0, 0.05) is 36.9 Å². The van der Waals surface area contributed by atoms with Crippen LogP contribution in [0.25, 0.3) is 0 Å². The van der Waals surface area contributed by atoms with Crippen LogP contribution in [0, 0.1) is 5.82 Å². The van der Waals surface area contributed by atoms with Gasteiger partial charge in [-0.25, -0.2) is 12.8 Å². The highest BCUT2D eigenvalue weighted by atomic mass is 35.5. The first-order valence-electron chi connectivity index (χ1n) is 7.96. The summed E-state index contributed by atoms with van der Waals surface area (Å²) >= 11 is 5.65. The molecule has 3 rings (SSSR count). The maximum Gasteiger partial charge on any atom is 0.416 e. The van der Waals surface area contributed by atoms with Crippen LogP contribution in [0.3, 0.4) is 0 Å². The molecule has 0 amide bonds. The lowest BCUT2D eigenvalue weighted by atomic mass is 10.1. The van der Waals surface area contributed by atoms with Crippen LogP contribution < -0.4 is 4.90 Å². The van der Waals surface area contributed by atoms with Crippen LogP contribution in [0.5, 0.6) is 0 Å². The number of hydrogen-bond acceptors (Lipinski definition) is 3. The zero-order valence-corrected chi connectivity index (χ0v) is 15.5. The predicted octanol–water partition coefficient (Wildman–Crippen LogP) is 4.01. The van der Waals surface area contributed by atoms with Crippen LogP contribution in [0.2, 0.25) is 5.02 Å². The van der Waals surface area contributed by atoms with Gasteiger partial charge in [0.15, 0.2) is 0 Å². The summed E-state index contributed by atoms with van der Waals surface area (Å²) in [6.07, 6.45) is -4.45. The van der Waals surface area contributed by atoms with Crippen LogP contribution in [0.15, 0.2) is 47.4 Å². The molecule has 0 atom stereocenters. The Morgan fingerprint density at radius 3 is 2.22 bits per heavy atom. The van der Waals surface area contributed by atoms with E-state index in [2.05, 4.69) is 0 Å². The molecule has 2 aromatic rings. The number of alkyl halides is 3. The van der Waals surface area contributed by atoms with Crippen LogP contribution in [0.4, 0.5) is 23.2 Å². The molecule has 2 aromatic carbocycles. The number of anilines is 1. The fraction of sp³-hybridized carbons (Fsp3) is 0.294. The first-order chi connectivity index (χ1) is 12.6. The molecule has 0 aliphatic carbocycles. The van der Waals surface area contributed by atoms with Gasteiger partial charge >= 0.3 is 6.18 Å². The third-order valence-corrected chi connectivity index (χ3v) is 6.46. The van der Waals surface area contributed by atoms with Gasteiger partial charge < -0.3 is 4.90 Å². The molecule has 0 saturated carbocycles. The highest BCUT2D eigenvalue weighted by Gasteiger charge is 2.33. The highest BCUT2D eigenvalue weighted by molar-refractivity contribution is 7.89. The lowest BCUT2D eigenvalue weighted by molar-refractivity contribution is -0.137. The zero-order valence-electron chi connectivity index (χ0n) is 13.9. The van der Waals surface area contributed by atoms with E-state index in [0.717, 1.165) is 28.6 Å². The average molecular weight is 423 g/mol. The molecule has 4 nitrogen and oxygen atoms in total. The Morgan fingerprint density at radius 1 is 0.963 bits per heavy atom. The third kappa shape index (κ3) is 4.20. The summed E-state index contributed by atoms with van der Waals surface area (Å²) in [6, 6.07) is 8.18. The standard InChI is InChI=1S/C17H15ClF4N2O2S/c18-13-4-5-16(15(19)11-13)27(25,26)24-8-6-23(7-9-24)14-3-1-2-12(10-14)17(20,21)22/h1-5,10-11H,6-9H2. The molecule has 1 aliphatic heterocycles. The van der Waals surface area contributed by atoms with E-state index in [9.17, 15) is 26.0 Å². The van der Waals surface area contributed by atoms with E-state index >= 15 is 0 Å². The van der Waals surface area contributed by atoms with Gasteiger partial charge in [-0.2, -0.15) is 17.5 Å². The van der Waals surface area contributed by atoms with Crippen molar-refractivity contribution in [1.82, 2.24) is 4.31 Å². The molecule has 0 aromatic heterocycles. The minimum absolute atomic E-state index is 0.0284. The minimum atomic E-state index is -4.45. The van der Waals surface area contributed by atoms with E-state index < -0.39 is 32.5 Å². The molecule has 146 valence electrons. The van der Waals surface area contributed by atoms with E-state index in [1.807, 2.05) is 0 Å². The van der Waals surface area contributed by atoms with Crippen LogP contribution in [-0.2, 0) is 16.2 Å². The molecule has 0 N–H and O–H groups in total. The van der Waals surface area contributed by atoms with Crippen molar-refractivity contribution in [2.75, 3.05) is 31.1 Å². The first-order valence-corrected chi connectivity index (χ1v) is 9.78. The molecule has 1 heterocycles. The van der Waals surface area contributed by atoms with Gasteiger partial charge in [0.1, 0.15) is 10.7 Å². The lowest BCUT2D eigenvalue weighted by Crippen LogP contribution is -2.48. The molecule has 1 aliphatic rings. The Bertz CT molecular complexity index is 942. The summed E-state index contributed by atoms with van der Waals surface area (Å²) in [5, 5.41) is 0.0841. The van der Waals surface area contributed by atoms with Crippen molar-refractivity contribution in [3.8, 4) is 0 Å². The van der Waals surface area contributed by atoms with Crippen molar-refractivity contribution in [1.29, 1.82) is 0 Å². The second kappa shape index (κ2) is 7.29. The van der Waals surface area contributed by atoms with E-state index in [4.69, 9.17) is 11.6 Å². The number of benzene rings is 2. The summed E-state index contributed by atoms with van der Waals surface area (Å²) in [5.41, 5.74) is -0.405. The molecule has 1 fully saturated rings. The van der Waals surface area contributed by atoms with Gasteiger partial charge in [-0.15, -0.1) is 0 Å². The normalized spacial score (nSPS) is 16.6. The van der Waals surface area contributed by atoms with Crippen molar-refractivity contribution < 1.29 is 26.0 Å². The summed E-state index contributed by atoms with van der Waals surface area (Å²) in [5.74, 6) is -0.942. The lowest BCUT2D eigenvalue weighted by Gasteiger charge is -2.35. The summed E-state index contributed by atoms with van der Waals surface area (Å²) in [4.78, 5) is 1.19. The molecule has 27 heavy (non-hydrogen) atoms. The Kier molecular flexibility index (Phi) is 5.38. The molecular formula is C17H15ClF4N2O2S. The van der Waals surface area contributed by atoms with Crippen molar-refractivity contribution >= 4 is 27.3 Å². The Hall–Kier alpha value is -1.84. The third-order valence-electron chi connectivity index (χ3n) is 4.29. The van der Waals surface area contributed by atoms with E-state index in [1.54, 1.807) is 4.90 Å². The van der Waals surface area contributed by atoms with Crippen molar-refractivity contribution in [3.63, 3.8) is 0 Å². The molecule has 0 bridgehead atoms. The zero-order chi connectivity index (χ0) is 19.8. The van der Waals surface area contributed by atoms with Gasteiger partial charge in [-0.3, -0.25) is 0 Å². The summed E-state index contributed by atoms with van der Waals surface area (Å²) < 4.78 is 78.9. The Morgan fingerprint density at radius 2 is 1.63 bits per heavy atom. The van der Waals surface area contributed by atoms with Gasteiger partial charge in [0.25, 0.3) is 0 Å². The number of sulfonamides is 1. The predicted molar refractivity (Wildman–Crippen MR) is 93.8 cm³/mol. The maximum atomic E-state index is 14.0. The molecule has 0 spiro atoms. The van der Waals surface area contributed by atoms with E-state index in [0.29, 0.717) is 5.69 Å². The van der Waals surface area contributed by atoms with Crippen molar-refractivity contribution in [3.05, 3.63) is 58.9 Å². The van der Waals surface area contributed by atoms with Crippen molar-refractivity contribution in [2.24, 2.45) is 0 Å². The van der Waals surface area contributed by atoms with E-state index in [-0.39, 0.29) is 31.2 Å². The van der Waals surface area contributed by atoms with E-state index in [1.165, 1.54) is 18.2 Å². The number of hydrogen-bond donors (Lipinski definition) is 0. The molecule has 1 saturated heterocycles. The highest BCUT2D eigenvalue weighted by Crippen LogP contribution is 2.32. The van der Waals surface area contributed by atoms with Gasteiger partial charge in [-0.1, -0.05) is 17.7 Å². The van der Waals surface area contributed by atoms with Crippen molar-refractivity contribution in [2.45, 2.75) is 11.1 Å². The Balaban J connectivity index is 1.75. The van der Waals surface area contributed by atoms with Gasteiger partial charge in [-0.05, 0) is 36.4 Å². The monoisotopic (exact) mass is 422 g/mol. The SMILES string of the molecule is O=S(=O)(c1ccc(Cl)cc1F)N1CCN(c2cccc(C(F)(F)F)c2)CC1. The minimum Gasteiger partial charge on any atom is -0.369 e. The average Bonchev–Trinajstić information content (AvgIpc) is 2.61. The first kappa shape index (κ1) is 19.9. The molecule has 10 heteroatoms.